The zero-order chi connectivity index (χ0) is 13.8. The Labute approximate surface area is 115 Å². The van der Waals surface area contributed by atoms with Crippen LogP contribution in [-0.2, 0) is 17.8 Å². The third-order valence-electron chi connectivity index (χ3n) is 2.72. The molecule has 102 valence electrons. The Morgan fingerprint density at radius 1 is 1.58 bits per heavy atom. The van der Waals surface area contributed by atoms with Gasteiger partial charge in [-0.05, 0) is 20.8 Å². The van der Waals surface area contributed by atoms with Crippen LogP contribution in [0.2, 0.25) is 0 Å². The number of carbonyl (C=O) groups excluding carboxylic acids is 1. The van der Waals surface area contributed by atoms with Crippen molar-refractivity contribution in [3.05, 3.63) is 28.2 Å². The van der Waals surface area contributed by atoms with Crippen molar-refractivity contribution in [1.82, 2.24) is 25.1 Å². The lowest BCUT2D eigenvalue weighted by Gasteiger charge is -2.13. The van der Waals surface area contributed by atoms with Crippen molar-refractivity contribution in [3.8, 4) is 0 Å². The summed E-state index contributed by atoms with van der Waals surface area (Å²) in [7, 11) is 0. The number of amides is 1. The van der Waals surface area contributed by atoms with E-state index in [-0.39, 0.29) is 11.9 Å². The van der Waals surface area contributed by atoms with Gasteiger partial charge in [0, 0.05) is 11.9 Å². The molecule has 1 N–H and O–H groups in total. The van der Waals surface area contributed by atoms with Crippen LogP contribution in [0, 0.1) is 6.92 Å². The number of carbonyl (C=O) groups is 1. The van der Waals surface area contributed by atoms with Crippen molar-refractivity contribution >= 4 is 17.2 Å². The Balaban J connectivity index is 1.95. The molecule has 1 amide bonds. The lowest BCUT2D eigenvalue weighted by Crippen LogP contribution is -2.30. The number of nitrogens with zero attached hydrogens (tertiary/aromatic N) is 4. The fourth-order valence-corrected chi connectivity index (χ4v) is 2.48. The first-order chi connectivity index (χ1) is 9.10. The molecular formula is C12H17N5OS. The van der Waals surface area contributed by atoms with Crippen molar-refractivity contribution in [3.63, 3.8) is 0 Å². The zero-order valence-corrected chi connectivity index (χ0v) is 12.1. The Morgan fingerprint density at radius 2 is 2.37 bits per heavy atom. The molecule has 0 saturated carbocycles. The molecule has 0 unspecified atom stereocenters. The van der Waals surface area contributed by atoms with Gasteiger partial charge in [-0.1, -0.05) is 0 Å². The fraction of sp³-hybridized carbons (Fsp3) is 0.500. The first-order valence-corrected chi connectivity index (χ1v) is 7.06. The molecule has 6 nitrogen and oxygen atoms in total. The summed E-state index contributed by atoms with van der Waals surface area (Å²) in [6.45, 7) is 6.56. The van der Waals surface area contributed by atoms with Gasteiger partial charge < -0.3 is 5.32 Å². The highest BCUT2D eigenvalue weighted by Gasteiger charge is 2.15. The second kappa shape index (κ2) is 5.92. The minimum Gasteiger partial charge on any atom is -0.346 e. The van der Waals surface area contributed by atoms with Crippen LogP contribution in [-0.4, -0.2) is 25.7 Å². The van der Waals surface area contributed by atoms with Crippen molar-refractivity contribution < 1.29 is 4.79 Å². The highest BCUT2D eigenvalue weighted by atomic mass is 32.1. The van der Waals surface area contributed by atoms with E-state index in [0.29, 0.717) is 6.42 Å². The lowest BCUT2D eigenvalue weighted by molar-refractivity contribution is -0.121. The summed E-state index contributed by atoms with van der Waals surface area (Å²) < 4.78 is 1.78. The highest BCUT2D eigenvalue weighted by molar-refractivity contribution is 7.09. The standard InChI is InChI=1S/C12H17N5OS/c1-4-17-12(13-7-14-17)8(2)15-11(18)5-10-6-19-9(3)16-10/h6-8H,4-5H2,1-3H3,(H,15,18)/t8-/m1/s1. The van der Waals surface area contributed by atoms with Gasteiger partial charge in [0.2, 0.25) is 5.91 Å². The summed E-state index contributed by atoms with van der Waals surface area (Å²) in [6, 6.07) is -0.158. The van der Waals surface area contributed by atoms with Crippen LogP contribution in [0.1, 0.15) is 36.4 Å². The van der Waals surface area contributed by atoms with Crippen LogP contribution in [0.4, 0.5) is 0 Å². The fourth-order valence-electron chi connectivity index (χ4n) is 1.86. The molecule has 0 radical (unpaired) electrons. The maximum Gasteiger partial charge on any atom is 0.226 e. The van der Waals surface area contributed by atoms with Crippen molar-refractivity contribution in [1.29, 1.82) is 0 Å². The Kier molecular flexibility index (Phi) is 4.26. The number of nitrogens with one attached hydrogen (secondary N) is 1. The molecule has 2 aromatic heterocycles. The van der Waals surface area contributed by atoms with Gasteiger partial charge in [0.25, 0.3) is 0 Å². The van der Waals surface area contributed by atoms with Gasteiger partial charge in [-0.2, -0.15) is 5.10 Å². The predicted octanol–water partition coefficient (Wildman–Crippen LogP) is 1.48. The Hall–Kier alpha value is -1.76. The molecule has 0 fully saturated rings. The predicted molar refractivity (Wildman–Crippen MR) is 72.8 cm³/mol. The molecule has 7 heteroatoms. The van der Waals surface area contributed by atoms with E-state index in [2.05, 4.69) is 20.4 Å². The molecule has 0 bridgehead atoms. The number of rotatable bonds is 5. The molecule has 0 aliphatic carbocycles. The van der Waals surface area contributed by atoms with Crippen molar-refractivity contribution in [2.45, 2.75) is 39.8 Å². The number of aryl methyl sites for hydroxylation is 2. The monoisotopic (exact) mass is 279 g/mol. The first-order valence-electron chi connectivity index (χ1n) is 6.18. The quantitative estimate of drug-likeness (QED) is 0.900. The van der Waals surface area contributed by atoms with Crippen LogP contribution >= 0.6 is 11.3 Å². The molecule has 0 spiro atoms. The molecular weight excluding hydrogens is 262 g/mol. The van der Waals surface area contributed by atoms with Crippen molar-refractivity contribution in [2.75, 3.05) is 0 Å². The van der Waals surface area contributed by atoms with Crippen LogP contribution < -0.4 is 5.32 Å². The highest BCUT2D eigenvalue weighted by Crippen LogP contribution is 2.11. The third kappa shape index (κ3) is 3.37. The summed E-state index contributed by atoms with van der Waals surface area (Å²) in [5, 5.41) is 9.90. The largest absolute Gasteiger partial charge is 0.346 e. The molecule has 0 saturated heterocycles. The average molecular weight is 279 g/mol. The van der Waals surface area contributed by atoms with Crippen LogP contribution in [0.25, 0.3) is 0 Å². The Bertz CT molecular complexity index is 562. The zero-order valence-electron chi connectivity index (χ0n) is 11.3. The SMILES string of the molecule is CCn1ncnc1[C@@H](C)NC(=O)Cc1csc(C)n1. The molecule has 1 atom stereocenters. The van der Waals surface area contributed by atoms with Gasteiger partial charge in [-0.3, -0.25) is 4.79 Å². The normalized spacial score (nSPS) is 12.4. The van der Waals surface area contributed by atoms with E-state index in [9.17, 15) is 4.79 Å². The topological polar surface area (TPSA) is 72.7 Å². The van der Waals surface area contributed by atoms with E-state index in [4.69, 9.17) is 0 Å². The first kappa shape index (κ1) is 13.7. The summed E-state index contributed by atoms with van der Waals surface area (Å²) in [4.78, 5) is 20.4. The van der Waals surface area contributed by atoms with Gasteiger partial charge in [0.05, 0.1) is 23.2 Å². The average Bonchev–Trinajstić information content (AvgIpc) is 2.97. The molecule has 0 aliphatic rings. The van der Waals surface area contributed by atoms with E-state index in [1.807, 2.05) is 26.2 Å². The lowest BCUT2D eigenvalue weighted by atomic mass is 10.2. The van der Waals surface area contributed by atoms with Crippen LogP contribution in [0.3, 0.4) is 0 Å². The molecule has 0 aliphatic heterocycles. The van der Waals surface area contributed by atoms with Crippen LogP contribution in [0.15, 0.2) is 11.7 Å². The van der Waals surface area contributed by atoms with E-state index in [0.717, 1.165) is 23.1 Å². The maximum atomic E-state index is 11.9. The molecule has 2 heterocycles. The van der Waals surface area contributed by atoms with E-state index in [1.165, 1.54) is 6.33 Å². The second-order valence-electron chi connectivity index (χ2n) is 4.26. The van der Waals surface area contributed by atoms with E-state index < -0.39 is 0 Å². The van der Waals surface area contributed by atoms with Crippen molar-refractivity contribution in [2.24, 2.45) is 0 Å². The Morgan fingerprint density at radius 3 is 3.00 bits per heavy atom. The third-order valence-corrected chi connectivity index (χ3v) is 3.54. The second-order valence-corrected chi connectivity index (χ2v) is 5.32. The number of hydrogen-bond acceptors (Lipinski definition) is 5. The summed E-state index contributed by atoms with van der Waals surface area (Å²) in [6.07, 6.45) is 1.81. The minimum atomic E-state index is -0.158. The molecule has 19 heavy (non-hydrogen) atoms. The van der Waals surface area contributed by atoms with Gasteiger partial charge >= 0.3 is 0 Å². The van der Waals surface area contributed by atoms with Gasteiger partial charge in [-0.15, -0.1) is 11.3 Å². The number of thiazole rings is 1. The molecule has 2 aromatic rings. The van der Waals surface area contributed by atoms with Gasteiger partial charge in [-0.25, -0.2) is 14.6 Å². The minimum absolute atomic E-state index is 0.0524. The summed E-state index contributed by atoms with van der Waals surface area (Å²) >= 11 is 1.55. The van der Waals surface area contributed by atoms with Crippen LogP contribution in [0.5, 0.6) is 0 Å². The van der Waals surface area contributed by atoms with Gasteiger partial charge in [0.15, 0.2) is 0 Å². The summed E-state index contributed by atoms with van der Waals surface area (Å²) in [5.74, 6) is 0.716. The molecule has 0 aromatic carbocycles. The number of aromatic nitrogens is 4. The van der Waals surface area contributed by atoms with E-state index in [1.54, 1.807) is 16.0 Å². The van der Waals surface area contributed by atoms with Gasteiger partial charge in [0.1, 0.15) is 12.2 Å². The summed E-state index contributed by atoms with van der Waals surface area (Å²) in [5.41, 5.74) is 0.809. The van der Waals surface area contributed by atoms with E-state index >= 15 is 0 Å². The maximum absolute atomic E-state index is 11.9. The molecule has 2 rings (SSSR count). The number of hydrogen-bond donors (Lipinski definition) is 1. The smallest absolute Gasteiger partial charge is 0.226 e.